The molecule has 1 aromatic heterocycles. The first-order valence-corrected chi connectivity index (χ1v) is 11.1. The topological polar surface area (TPSA) is 92.8 Å². The number of carbonyl (C=O) groups excluding carboxylic acids is 2. The number of nitrogens with one attached hydrogen (secondary N) is 2. The molecule has 1 aliphatic heterocycles. The van der Waals surface area contributed by atoms with Crippen LogP contribution in [0, 0.1) is 5.92 Å². The molecule has 2 unspecified atom stereocenters. The van der Waals surface area contributed by atoms with Crippen molar-refractivity contribution in [3.63, 3.8) is 0 Å². The largest absolute Gasteiger partial charge is 0.497 e. The number of aromatic nitrogens is 1. The smallest absolute Gasteiger partial charge is 0.410 e. The molecule has 178 valence electrons. The molecule has 0 bridgehead atoms. The Morgan fingerprint density at radius 2 is 1.91 bits per heavy atom. The number of methoxy groups -OCH3 is 1. The summed E-state index contributed by atoms with van der Waals surface area (Å²) in [6, 6.07) is 11.5. The Labute approximate surface area is 195 Å². The molecule has 1 aliphatic rings. The van der Waals surface area contributed by atoms with E-state index >= 15 is 0 Å². The molecule has 2 atom stereocenters. The molecule has 3 rings (SSSR count). The third kappa shape index (κ3) is 6.01. The van der Waals surface area contributed by atoms with E-state index in [0.717, 1.165) is 17.0 Å². The van der Waals surface area contributed by atoms with E-state index < -0.39 is 11.1 Å². The van der Waals surface area contributed by atoms with Crippen molar-refractivity contribution in [2.75, 3.05) is 25.5 Å². The normalized spacial score (nSPS) is 20.4. The van der Waals surface area contributed by atoms with Gasteiger partial charge in [0.05, 0.1) is 18.3 Å². The van der Waals surface area contributed by atoms with Gasteiger partial charge in [0.1, 0.15) is 11.4 Å². The van der Waals surface area contributed by atoms with Gasteiger partial charge in [-0.2, -0.15) is 0 Å². The van der Waals surface area contributed by atoms with Crippen molar-refractivity contribution in [1.82, 2.24) is 15.2 Å². The van der Waals surface area contributed by atoms with E-state index in [1.54, 1.807) is 24.3 Å². The lowest BCUT2D eigenvalue weighted by Gasteiger charge is -2.34. The monoisotopic (exact) mass is 454 g/mol. The number of pyridine rings is 1. The summed E-state index contributed by atoms with van der Waals surface area (Å²) in [6.07, 6.45) is 1.33. The van der Waals surface area contributed by atoms with Crippen LogP contribution in [0.1, 0.15) is 45.9 Å². The van der Waals surface area contributed by atoms with Crippen molar-refractivity contribution in [2.45, 2.75) is 52.3 Å². The quantitative estimate of drug-likeness (QED) is 0.687. The summed E-state index contributed by atoms with van der Waals surface area (Å²) in [4.78, 5) is 30.8. The molecule has 0 aliphatic carbocycles. The first kappa shape index (κ1) is 24.5. The molecule has 2 amide bonds. The number of anilines is 1. The second kappa shape index (κ2) is 9.79. The van der Waals surface area contributed by atoms with Crippen LogP contribution >= 0.6 is 0 Å². The van der Waals surface area contributed by atoms with Gasteiger partial charge in [0.2, 0.25) is 5.91 Å². The van der Waals surface area contributed by atoms with Gasteiger partial charge in [0.15, 0.2) is 0 Å². The highest BCUT2D eigenvalue weighted by Crippen LogP contribution is 2.38. The fourth-order valence-corrected chi connectivity index (χ4v) is 4.09. The van der Waals surface area contributed by atoms with Gasteiger partial charge in [0.25, 0.3) is 0 Å². The van der Waals surface area contributed by atoms with E-state index in [0.29, 0.717) is 25.3 Å². The predicted octanol–water partition coefficient (Wildman–Crippen LogP) is 3.92. The molecular formula is C25H34N4O4. The lowest BCUT2D eigenvalue weighted by atomic mass is 9.84. The molecule has 0 spiro atoms. The summed E-state index contributed by atoms with van der Waals surface area (Å²) in [6.45, 7) is 10.6. The van der Waals surface area contributed by atoms with Gasteiger partial charge in [-0.15, -0.1) is 0 Å². The number of carbonyl (C=O) groups is 2. The Balaban J connectivity index is 1.92. The lowest BCUT2D eigenvalue weighted by molar-refractivity contribution is -0.114. The molecule has 2 N–H and O–H groups in total. The number of nitrogens with zero attached hydrogens (tertiary/aromatic N) is 2. The van der Waals surface area contributed by atoms with Crippen molar-refractivity contribution < 1.29 is 19.1 Å². The number of hydrogen-bond donors (Lipinski definition) is 2. The van der Waals surface area contributed by atoms with E-state index in [1.807, 2.05) is 51.1 Å². The van der Waals surface area contributed by atoms with E-state index in [-0.39, 0.29) is 17.9 Å². The maximum Gasteiger partial charge on any atom is 0.410 e. The van der Waals surface area contributed by atoms with Crippen molar-refractivity contribution >= 4 is 17.7 Å². The maximum atomic E-state index is 12.9. The molecule has 0 radical (unpaired) electrons. The summed E-state index contributed by atoms with van der Waals surface area (Å²) < 4.78 is 10.9. The highest BCUT2D eigenvalue weighted by molar-refractivity contribution is 5.88. The molecule has 1 aromatic carbocycles. The van der Waals surface area contributed by atoms with Crippen molar-refractivity contribution in [2.24, 2.45) is 5.92 Å². The van der Waals surface area contributed by atoms with Crippen molar-refractivity contribution in [3.05, 3.63) is 53.9 Å². The summed E-state index contributed by atoms with van der Waals surface area (Å²) in [5.41, 5.74) is 1.31. The van der Waals surface area contributed by atoms with Crippen LogP contribution in [0.3, 0.4) is 0 Å². The molecule has 0 saturated carbocycles. The van der Waals surface area contributed by atoms with Crippen molar-refractivity contribution in [1.29, 1.82) is 0 Å². The Kier molecular flexibility index (Phi) is 7.27. The first-order valence-electron chi connectivity index (χ1n) is 11.1. The number of hydrogen-bond acceptors (Lipinski definition) is 6. The molecule has 1 saturated heterocycles. The number of likely N-dealkylation sites (tertiary alicyclic amines) is 1. The van der Waals surface area contributed by atoms with Gasteiger partial charge in [-0.25, -0.2) is 4.79 Å². The molecule has 2 aromatic rings. The third-order valence-electron chi connectivity index (χ3n) is 5.73. The second-order valence-corrected chi connectivity index (χ2v) is 9.55. The van der Waals surface area contributed by atoms with Gasteiger partial charge in [-0.1, -0.05) is 19.1 Å². The average molecular weight is 455 g/mol. The van der Waals surface area contributed by atoms with E-state index in [2.05, 4.69) is 22.5 Å². The Morgan fingerprint density at radius 1 is 1.21 bits per heavy atom. The lowest BCUT2D eigenvalue weighted by Crippen LogP contribution is -2.49. The summed E-state index contributed by atoms with van der Waals surface area (Å²) >= 11 is 0. The standard InChI is InChI=1S/C25H34N4O4/c1-17-15-29(23(31)33-24(3,4)5)16-25(17,22-13-20(11-12-26-22)28-18(2)30)27-14-19-7-9-21(32-6)10-8-19/h7-13,17,27H,14-16H2,1-6H3,(H,26,28,30). The zero-order valence-corrected chi connectivity index (χ0v) is 20.3. The van der Waals surface area contributed by atoms with Gasteiger partial charge >= 0.3 is 6.09 Å². The van der Waals surface area contributed by atoms with Crippen LogP contribution in [-0.4, -0.2) is 47.7 Å². The molecule has 2 heterocycles. The molecular weight excluding hydrogens is 420 g/mol. The van der Waals surface area contributed by atoms with Crippen molar-refractivity contribution in [3.8, 4) is 5.75 Å². The second-order valence-electron chi connectivity index (χ2n) is 9.55. The fraction of sp³-hybridized carbons (Fsp3) is 0.480. The minimum absolute atomic E-state index is 0.0448. The number of benzene rings is 1. The SMILES string of the molecule is COc1ccc(CNC2(c3cc(NC(C)=O)ccn3)CN(C(=O)OC(C)(C)C)CC2C)cc1. The molecule has 33 heavy (non-hydrogen) atoms. The average Bonchev–Trinajstić information content (AvgIpc) is 3.09. The highest BCUT2D eigenvalue weighted by atomic mass is 16.6. The van der Waals surface area contributed by atoms with E-state index in [4.69, 9.17) is 9.47 Å². The highest BCUT2D eigenvalue weighted by Gasteiger charge is 2.48. The van der Waals surface area contributed by atoms with Crippen LogP contribution in [0.2, 0.25) is 0 Å². The van der Waals surface area contributed by atoms with Crippen LogP contribution in [0.5, 0.6) is 5.75 Å². The summed E-state index contributed by atoms with van der Waals surface area (Å²) in [7, 11) is 1.64. The maximum absolute atomic E-state index is 12.9. The molecule has 8 nitrogen and oxygen atoms in total. The van der Waals surface area contributed by atoms with Gasteiger partial charge < -0.3 is 25.0 Å². The van der Waals surface area contributed by atoms with Gasteiger partial charge in [-0.05, 0) is 56.5 Å². The minimum atomic E-state index is -0.620. The summed E-state index contributed by atoms with van der Waals surface area (Å²) in [5, 5.41) is 6.50. The Bertz CT molecular complexity index is 987. The van der Waals surface area contributed by atoms with Crippen LogP contribution in [0.15, 0.2) is 42.6 Å². The predicted molar refractivity (Wildman–Crippen MR) is 127 cm³/mol. The molecule has 1 fully saturated rings. The zero-order chi connectivity index (χ0) is 24.2. The van der Waals surface area contributed by atoms with Gasteiger partial charge in [0, 0.05) is 38.4 Å². The Hall–Kier alpha value is -3.13. The van der Waals surface area contributed by atoms with Crippen LogP contribution in [0.4, 0.5) is 10.5 Å². The first-order chi connectivity index (χ1) is 15.5. The van der Waals surface area contributed by atoms with E-state index in [1.165, 1.54) is 6.92 Å². The van der Waals surface area contributed by atoms with E-state index in [9.17, 15) is 9.59 Å². The number of rotatable bonds is 6. The van der Waals surface area contributed by atoms with Gasteiger partial charge in [-0.3, -0.25) is 9.78 Å². The van der Waals surface area contributed by atoms with Crippen LogP contribution < -0.4 is 15.4 Å². The minimum Gasteiger partial charge on any atom is -0.497 e. The third-order valence-corrected chi connectivity index (χ3v) is 5.73. The van der Waals surface area contributed by atoms with Crippen LogP contribution in [-0.2, 0) is 21.6 Å². The zero-order valence-electron chi connectivity index (χ0n) is 20.3. The molecule has 8 heteroatoms. The number of amides is 2. The fourth-order valence-electron chi connectivity index (χ4n) is 4.09. The Morgan fingerprint density at radius 3 is 2.52 bits per heavy atom. The number of ether oxygens (including phenoxy) is 2. The summed E-state index contributed by atoms with van der Waals surface area (Å²) in [5.74, 6) is 0.689. The van der Waals surface area contributed by atoms with Crippen LogP contribution in [0.25, 0.3) is 0 Å².